The van der Waals surface area contributed by atoms with E-state index in [1.807, 2.05) is 6.07 Å². The van der Waals surface area contributed by atoms with Crippen molar-refractivity contribution in [3.63, 3.8) is 0 Å². The smallest absolute Gasteiger partial charge is 0.341 e. The van der Waals surface area contributed by atoms with Gasteiger partial charge in [-0.15, -0.1) is 23.1 Å². The number of nitrogens with one attached hydrogen (secondary N) is 1. The Balaban J connectivity index is 1.45. The monoisotopic (exact) mass is 525 g/mol. The van der Waals surface area contributed by atoms with Crippen molar-refractivity contribution in [1.82, 2.24) is 4.98 Å². The Labute approximate surface area is 222 Å². The van der Waals surface area contributed by atoms with Crippen molar-refractivity contribution in [3.05, 3.63) is 38.9 Å². The molecule has 0 bridgehead atoms. The molecule has 2 aliphatic carbocycles. The molecule has 4 rings (SSSR count). The van der Waals surface area contributed by atoms with Gasteiger partial charge in [0.25, 0.3) is 0 Å². The van der Waals surface area contributed by atoms with Crippen LogP contribution >= 0.6 is 23.1 Å². The van der Waals surface area contributed by atoms with Crippen LogP contribution in [0.3, 0.4) is 0 Å². The topological polar surface area (TPSA) is 92.1 Å². The minimum Gasteiger partial charge on any atom is -0.462 e. The Morgan fingerprint density at radius 2 is 2.06 bits per heavy atom. The number of fused-ring (bicyclic) bond motifs is 2. The molecule has 1 amide bonds. The fourth-order valence-corrected chi connectivity index (χ4v) is 7.31. The molecule has 0 radical (unpaired) electrons. The maximum atomic E-state index is 12.9. The zero-order chi connectivity index (χ0) is 25.9. The molecule has 2 aromatic rings. The molecule has 2 heterocycles. The van der Waals surface area contributed by atoms with E-state index < -0.39 is 0 Å². The van der Waals surface area contributed by atoms with Crippen LogP contribution in [0.1, 0.15) is 91.0 Å². The van der Waals surface area contributed by atoms with Crippen LogP contribution in [0, 0.1) is 22.7 Å². The molecule has 0 spiro atoms. The van der Waals surface area contributed by atoms with Gasteiger partial charge in [0.2, 0.25) is 5.91 Å². The first-order valence-electron chi connectivity index (χ1n) is 12.9. The van der Waals surface area contributed by atoms with Crippen LogP contribution < -0.4 is 5.32 Å². The van der Waals surface area contributed by atoms with Crippen molar-refractivity contribution in [3.8, 4) is 6.07 Å². The lowest BCUT2D eigenvalue weighted by Crippen LogP contribution is -2.26. The van der Waals surface area contributed by atoms with Crippen molar-refractivity contribution < 1.29 is 14.3 Å². The number of carbonyl (C=O) groups excluding carboxylic acids is 2. The molecule has 0 saturated heterocycles. The Morgan fingerprint density at radius 1 is 1.28 bits per heavy atom. The van der Waals surface area contributed by atoms with Crippen LogP contribution in [0.4, 0.5) is 5.00 Å². The zero-order valence-electron chi connectivity index (χ0n) is 21.7. The Bertz CT molecular complexity index is 1190. The molecule has 1 atom stereocenters. The highest BCUT2D eigenvalue weighted by atomic mass is 32.2. The summed E-state index contributed by atoms with van der Waals surface area (Å²) in [6.45, 7) is 8.88. The third-order valence-corrected chi connectivity index (χ3v) is 9.34. The van der Waals surface area contributed by atoms with Gasteiger partial charge in [-0.3, -0.25) is 4.79 Å². The van der Waals surface area contributed by atoms with Crippen molar-refractivity contribution >= 4 is 40.0 Å². The van der Waals surface area contributed by atoms with E-state index in [9.17, 15) is 14.9 Å². The number of anilines is 1. The first kappa shape index (κ1) is 26.7. The number of ether oxygens (including phenoxy) is 1. The predicted octanol–water partition coefficient (Wildman–Crippen LogP) is 6.34. The second-order valence-electron chi connectivity index (χ2n) is 10.6. The maximum absolute atomic E-state index is 12.9. The number of pyridine rings is 1. The number of thioether (sulfide) groups is 1. The summed E-state index contributed by atoms with van der Waals surface area (Å²) < 4.78 is 5.35. The van der Waals surface area contributed by atoms with E-state index in [0.29, 0.717) is 39.4 Å². The summed E-state index contributed by atoms with van der Waals surface area (Å²) in [5.41, 5.74) is 4.63. The third kappa shape index (κ3) is 5.95. The largest absolute Gasteiger partial charge is 0.462 e. The maximum Gasteiger partial charge on any atom is 0.341 e. The third-order valence-electron chi connectivity index (χ3n) is 7.18. The van der Waals surface area contributed by atoms with Crippen molar-refractivity contribution in [2.75, 3.05) is 17.7 Å². The fraction of sp³-hybridized carbons (Fsp3) is 0.571. The molecule has 192 valence electrons. The second-order valence-corrected chi connectivity index (χ2v) is 12.8. The number of hydrogen-bond acceptors (Lipinski definition) is 7. The second kappa shape index (κ2) is 11.4. The minimum atomic E-state index is -0.356. The minimum absolute atomic E-state index is 0.143. The average Bonchev–Trinajstić information content (AvgIpc) is 3.20. The van der Waals surface area contributed by atoms with Gasteiger partial charge in [0.1, 0.15) is 16.1 Å². The molecule has 0 aromatic carbocycles. The average molecular weight is 526 g/mol. The van der Waals surface area contributed by atoms with Crippen LogP contribution in [-0.4, -0.2) is 29.2 Å². The number of rotatable bonds is 7. The molecule has 0 saturated carbocycles. The van der Waals surface area contributed by atoms with Gasteiger partial charge in [-0.25, -0.2) is 9.78 Å². The quantitative estimate of drug-likeness (QED) is 0.335. The van der Waals surface area contributed by atoms with Gasteiger partial charge in [0, 0.05) is 22.7 Å². The summed E-state index contributed by atoms with van der Waals surface area (Å²) in [6, 6.07) is 4.23. The van der Waals surface area contributed by atoms with Gasteiger partial charge in [0.15, 0.2) is 0 Å². The number of aromatic nitrogens is 1. The lowest BCUT2D eigenvalue weighted by molar-refractivity contribution is -0.115. The highest BCUT2D eigenvalue weighted by Crippen LogP contribution is 2.44. The summed E-state index contributed by atoms with van der Waals surface area (Å²) in [6.07, 6.45) is 7.24. The molecule has 2 aliphatic rings. The lowest BCUT2D eigenvalue weighted by atomic mass is 9.72. The Morgan fingerprint density at radius 3 is 2.78 bits per heavy atom. The van der Waals surface area contributed by atoms with E-state index in [1.54, 1.807) is 6.92 Å². The van der Waals surface area contributed by atoms with Crippen LogP contribution in [-0.2, 0) is 35.2 Å². The molecule has 1 N–H and O–H groups in total. The Kier molecular flexibility index (Phi) is 8.41. The fourth-order valence-electron chi connectivity index (χ4n) is 5.07. The van der Waals surface area contributed by atoms with Crippen LogP contribution in [0.25, 0.3) is 0 Å². The highest BCUT2D eigenvalue weighted by Gasteiger charge is 2.34. The molecule has 0 aliphatic heterocycles. The van der Waals surface area contributed by atoms with Crippen molar-refractivity contribution in [2.24, 2.45) is 11.3 Å². The summed E-state index contributed by atoms with van der Waals surface area (Å²) in [4.78, 5) is 31.7. The number of amides is 1. The molecule has 2 aromatic heterocycles. The molecule has 0 fully saturated rings. The number of aryl methyl sites for hydroxylation is 2. The van der Waals surface area contributed by atoms with Gasteiger partial charge in [-0.1, -0.05) is 20.8 Å². The van der Waals surface area contributed by atoms with Gasteiger partial charge < -0.3 is 10.1 Å². The van der Waals surface area contributed by atoms with E-state index in [0.717, 1.165) is 56.2 Å². The van der Waals surface area contributed by atoms with E-state index in [-0.39, 0.29) is 23.7 Å². The lowest BCUT2D eigenvalue weighted by Gasteiger charge is -2.33. The standard InChI is InChI=1S/C28H35N3O3S2/c1-5-34-27(33)24-20-11-10-19(28(2,3)4)15-22(20)36-26(24)31-23(32)12-13-35-25-18(16-29)14-17-8-6-7-9-21(17)30-25/h14,19H,5-13,15H2,1-4H3,(H,31,32). The first-order chi connectivity index (χ1) is 17.2. The summed E-state index contributed by atoms with van der Waals surface area (Å²) in [5.74, 6) is 0.552. The summed E-state index contributed by atoms with van der Waals surface area (Å²) >= 11 is 2.97. The zero-order valence-corrected chi connectivity index (χ0v) is 23.3. The SMILES string of the molecule is CCOC(=O)c1c(NC(=O)CCSc2nc3c(cc2C#N)CCCC3)sc2c1CCC(C(C)(C)C)C2. The van der Waals surface area contributed by atoms with Crippen molar-refractivity contribution in [1.29, 1.82) is 5.26 Å². The van der Waals surface area contributed by atoms with Crippen LogP contribution in [0.2, 0.25) is 0 Å². The predicted molar refractivity (Wildman–Crippen MR) is 145 cm³/mol. The van der Waals surface area contributed by atoms with Crippen LogP contribution in [0.15, 0.2) is 11.1 Å². The van der Waals surface area contributed by atoms with Crippen molar-refractivity contribution in [2.45, 2.75) is 84.1 Å². The first-order valence-corrected chi connectivity index (χ1v) is 14.7. The number of thiophene rings is 1. The number of nitrogens with zero attached hydrogens (tertiary/aromatic N) is 2. The number of nitriles is 1. The van der Waals surface area contributed by atoms with E-state index in [1.165, 1.54) is 33.5 Å². The Hall–Kier alpha value is -2.37. The number of hydrogen-bond donors (Lipinski definition) is 1. The molecular weight excluding hydrogens is 490 g/mol. The van der Waals surface area contributed by atoms with Gasteiger partial charge in [-0.2, -0.15) is 5.26 Å². The molecular formula is C28H35N3O3S2. The van der Waals surface area contributed by atoms with Crippen LogP contribution in [0.5, 0.6) is 0 Å². The summed E-state index contributed by atoms with van der Waals surface area (Å²) in [7, 11) is 0. The molecule has 36 heavy (non-hydrogen) atoms. The molecule has 8 heteroatoms. The van der Waals surface area contributed by atoms with E-state index in [2.05, 4.69) is 32.2 Å². The molecule has 1 unspecified atom stereocenters. The number of carbonyl (C=O) groups is 2. The summed E-state index contributed by atoms with van der Waals surface area (Å²) in [5, 5.41) is 13.9. The molecule has 6 nitrogen and oxygen atoms in total. The van der Waals surface area contributed by atoms with E-state index >= 15 is 0 Å². The van der Waals surface area contributed by atoms with Gasteiger partial charge in [-0.05, 0) is 80.4 Å². The normalized spacial score (nSPS) is 17.0. The number of esters is 1. The highest BCUT2D eigenvalue weighted by molar-refractivity contribution is 7.99. The van der Waals surface area contributed by atoms with Gasteiger partial charge in [0.05, 0.1) is 17.7 Å². The van der Waals surface area contributed by atoms with E-state index in [4.69, 9.17) is 9.72 Å². The van der Waals surface area contributed by atoms with Gasteiger partial charge >= 0.3 is 5.97 Å².